The number of esters is 2. The summed E-state index contributed by atoms with van der Waals surface area (Å²) in [6.07, 6.45) is -0.276. The second-order valence-corrected chi connectivity index (χ2v) is 9.35. The van der Waals surface area contributed by atoms with Crippen molar-refractivity contribution >= 4 is 46.9 Å². The number of anilines is 2. The molecule has 37 heavy (non-hydrogen) atoms. The van der Waals surface area contributed by atoms with Crippen molar-refractivity contribution in [2.75, 3.05) is 17.3 Å². The predicted octanol–water partition coefficient (Wildman–Crippen LogP) is 5.03. The lowest BCUT2D eigenvalue weighted by Gasteiger charge is -2.16. The van der Waals surface area contributed by atoms with Crippen LogP contribution in [0, 0.1) is 0 Å². The Morgan fingerprint density at radius 1 is 0.838 bits per heavy atom. The van der Waals surface area contributed by atoms with E-state index in [4.69, 9.17) is 9.47 Å². The summed E-state index contributed by atoms with van der Waals surface area (Å²) in [5.41, 5.74) is 1.43. The van der Waals surface area contributed by atoms with Gasteiger partial charge in [-0.05, 0) is 68.4 Å². The van der Waals surface area contributed by atoms with Crippen LogP contribution in [0.2, 0.25) is 0 Å². The second kappa shape index (κ2) is 11.1. The van der Waals surface area contributed by atoms with E-state index < -0.39 is 23.8 Å². The Bertz CT molecular complexity index is 1380. The molecule has 0 radical (unpaired) electrons. The first-order valence-corrected chi connectivity index (χ1v) is 12.2. The average molecular weight is 517 g/mol. The molecular formula is C28H24N2O6S. The lowest BCUT2D eigenvalue weighted by atomic mass is 10.2. The van der Waals surface area contributed by atoms with Crippen LogP contribution in [0.15, 0.2) is 94.4 Å². The summed E-state index contributed by atoms with van der Waals surface area (Å²) in [4.78, 5) is 53.3. The fraction of sp³-hybridized carbons (Fsp3) is 0.143. The van der Waals surface area contributed by atoms with Crippen molar-refractivity contribution < 1.29 is 28.7 Å². The molecule has 0 unspecified atom stereocenters. The number of thioether (sulfide) groups is 1. The van der Waals surface area contributed by atoms with Crippen molar-refractivity contribution in [3.05, 3.63) is 101 Å². The minimum Gasteiger partial charge on any atom is -0.465 e. The predicted molar refractivity (Wildman–Crippen MR) is 140 cm³/mol. The Kier molecular flexibility index (Phi) is 7.74. The molecule has 1 N–H and O–H groups in total. The first-order valence-electron chi connectivity index (χ1n) is 11.4. The number of hydrogen-bond acceptors (Lipinski definition) is 8. The largest absolute Gasteiger partial charge is 0.465 e. The number of methoxy groups -OCH3 is 1. The quantitative estimate of drug-likeness (QED) is 0.329. The molecule has 3 aromatic carbocycles. The van der Waals surface area contributed by atoms with E-state index in [9.17, 15) is 19.2 Å². The van der Waals surface area contributed by atoms with Gasteiger partial charge in [-0.25, -0.2) is 14.5 Å². The highest BCUT2D eigenvalue weighted by molar-refractivity contribution is 8.04. The molecule has 0 aliphatic carbocycles. The molecule has 1 aliphatic heterocycles. The first-order chi connectivity index (χ1) is 17.8. The topological polar surface area (TPSA) is 102 Å². The number of imide groups is 1. The van der Waals surface area contributed by atoms with Crippen molar-refractivity contribution in [2.24, 2.45) is 0 Å². The monoisotopic (exact) mass is 516 g/mol. The summed E-state index contributed by atoms with van der Waals surface area (Å²) >= 11 is 1.16. The van der Waals surface area contributed by atoms with Crippen LogP contribution in [0.25, 0.3) is 0 Å². The highest BCUT2D eigenvalue weighted by Gasteiger charge is 2.40. The summed E-state index contributed by atoms with van der Waals surface area (Å²) in [5.74, 6) is -2.10. The Morgan fingerprint density at radius 3 is 2.19 bits per heavy atom. The van der Waals surface area contributed by atoms with Crippen molar-refractivity contribution in [3.8, 4) is 0 Å². The van der Waals surface area contributed by atoms with Crippen molar-refractivity contribution in [1.82, 2.24) is 0 Å². The van der Waals surface area contributed by atoms with Crippen LogP contribution >= 0.6 is 11.8 Å². The molecule has 0 fully saturated rings. The van der Waals surface area contributed by atoms with Gasteiger partial charge in [-0.15, -0.1) is 0 Å². The Labute approximate surface area is 218 Å². The molecule has 0 bridgehead atoms. The molecule has 3 aromatic rings. The molecular weight excluding hydrogens is 492 g/mol. The Hall–Kier alpha value is -4.37. The number of amides is 2. The van der Waals surface area contributed by atoms with Crippen LogP contribution in [0.1, 0.15) is 34.6 Å². The molecule has 0 spiro atoms. The van der Waals surface area contributed by atoms with Gasteiger partial charge < -0.3 is 14.8 Å². The lowest BCUT2D eigenvalue weighted by Crippen LogP contribution is -2.32. The van der Waals surface area contributed by atoms with Gasteiger partial charge in [0, 0.05) is 10.6 Å². The summed E-state index contributed by atoms with van der Waals surface area (Å²) < 4.78 is 9.98. The van der Waals surface area contributed by atoms with Gasteiger partial charge >= 0.3 is 11.9 Å². The molecule has 1 heterocycles. The average Bonchev–Trinajstić information content (AvgIpc) is 3.12. The third-order valence-electron chi connectivity index (χ3n) is 5.26. The molecule has 0 saturated heterocycles. The number of carbonyl (C=O) groups excluding carboxylic acids is 4. The Morgan fingerprint density at radius 2 is 1.54 bits per heavy atom. The molecule has 0 saturated carbocycles. The molecule has 4 rings (SSSR count). The van der Waals surface area contributed by atoms with Crippen LogP contribution in [0.5, 0.6) is 0 Å². The summed E-state index contributed by atoms with van der Waals surface area (Å²) in [6.45, 7) is 3.50. The van der Waals surface area contributed by atoms with Crippen LogP contribution in [0.4, 0.5) is 11.4 Å². The van der Waals surface area contributed by atoms with E-state index in [2.05, 4.69) is 5.32 Å². The maximum absolute atomic E-state index is 13.5. The molecule has 0 aromatic heterocycles. The number of rotatable bonds is 8. The van der Waals surface area contributed by atoms with Crippen LogP contribution in [-0.2, 0) is 19.1 Å². The van der Waals surface area contributed by atoms with Gasteiger partial charge in [0.1, 0.15) is 10.6 Å². The molecule has 0 atom stereocenters. The molecule has 2 amide bonds. The zero-order valence-electron chi connectivity index (χ0n) is 20.4. The zero-order valence-corrected chi connectivity index (χ0v) is 21.2. The number of carbonyl (C=O) groups is 4. The van der Waals surface area contributed by atoms with E-state index in [1.54, 1.807) is 38.1 Å². The smallest absolute Gasteiger partial charge is 0.338 e. The third-order valence-corrected chi connectivity index (χ3v) is 6.35. The standard InChI is InChI=1S/C28H24N2O6S/c1-17(2)36-28(34)18-12-14-21(15-13-18)30-25(31)23(24(26(30)32)37-22-10-5-4-6-11-22)29-20-9-7-8-19(16-20)27(33)35-3/h4-17,29H,1-3H3. The molecule has 9 heteroatoms. The number of ether oxygens (including phenoxy) is 2. The number of hydrogen-bond donors (Lipinski definition) is 1. The fourth-order valence-electron chi connectivity index (χ4n) is 3.57. The minimum absolute atomic E-state index is 0.0733. The lowest BCUT2D eigenvalue weighted by molar-refractivity contribution is -0.120. The molecule has 188 valence electrons. The summed E-state index contributed by atoms with van der Waals surface area (Å²) in [7, 11) is 1.28. The van der Waals surface area contributed by atoms with Gasteiger partial charge in [0.25, 0.3) is 11.8 Å². The number of nitrogens with one attached hydrogen (secondary N) is 1. The third kappa shape index (κ3) is 5.73. The van der Waals surface area contributed by atoms with Gasteiger partial charge in [0.15, 0.2) is 0 Å². The Balaban J connectivity index is 1.68. The highest BCUT2D eigenvalue weighted by Crippen LogP contribution is 2.38. The maximum Gasteiger partial charge on any atom is 0.338 e. The van der Waals surface area contributed by atoms with E-state index in [-0.39, 0.29) is 16.7 Å². The van der Waals surface area contributed by atoms with Crippen molar-refractivity contribution in [1.29, 1.82) is 0 Å². The highest BCUT2D eigenvalue weighted by atomic mass is 32.2. The van der Waals surface area contributed by atoms with E-state index >= 15 is 0 Å². The van der Waals surface area contributed by atoms with Gasteiger partial charge in [-0.1, -0.05) is 36.0 Å². The second-order valence-electron chi connectivity index (χ2n) is 8.26. The van der Waals surface area contributed by atoms with Gasteiger partial charge in [0.2, 0.25) is 0 Å². The van der Waals surface area contributed by atoms with E-state index in [0.717, 1.165) is 21.6 Å². The SMILES string of the molecule is COC(=O)c1cccc(NC2=C(Sc3ccccc3)C(=O)N(c3ccc(C(=O)OC(C)C)cc3)C2=O)c1. The van der Waals surface area contributed by atoms with E-state index in [1.807, 2.05) is 30.3 Å². The van der Waals surface area contributed by atoms with Gasteiger partial charge in [-0.2, -0.15) is 0 Å². The van der Waals surface area contributed by atoms with Crippen molar-refractivity contribution in [3.63, 3.8) is 0 Å². The fourth-order valence-corrected chi connectivity index (χ4v) is 4.52. The summed E-state index contributed by atoms with van der Waals surface area (Å²) in [5, 5.41) is 3.03. The van der Waals surface area contributed by atoms with E-state index in [1.165, 1.54) is 31.4 Å². The summed E-state index contributed by atoms with van der Waals surface area (Å²) in [6, 6.07) is 21.7. The van der Waals surface area contributed by atoms with E-state index in [0.29, 0.717) is 22.5 Å². The van der Waals surface area contributed by atoms with Crippen LogP contribution in [0.3, 0.4) is 0 Å². The minimum atomic E-state index is -0.565. The van der Waals surface area contributed by atoms with Gasteiger partial charge in [0.05, 0.1) is 30.0 Å². The first kappa shape index (κ1) is 25.7. The molecule has 1 aliphatic rings. The van der Waals surface area contributed by atoms with Crippen LogP contribution < -0.4 is 10.2 Å². The molecule has 8 nitrogen and oxygen atoms in total. The zero-order chi connectivity index (χ0) is 26.5. The normalized spacial score (nSPS) is 13.2. The maximum atomic E-state index is 13.5. The van der Waals surface area contributed by atoms with Crippen molar-refractivity contribution in [2.45, 2.75) is 24.8 Å². The number of benzene rings is 3. The van der Waals surface area contributed by atoms with Gasteiger partial charge in [-0.3, -0.25) is 9.59 Å². The van der Waals surface area contributed by atoms with Crippen LogP contribution in [-0.4, -0.2) is 37.0 Å². The number of nitrogens with zero attached hydrogens (tertiary/aromatic N) is 1.